The number of rotatable bonds is 5. The summed E-state index contributed by atoms with van der Waals surface area (Å²) in [5, 5.41) is 6.90. The number of carbonyl (C=O) groups is 2. The summed E-state index contributed by atoms with van der Waals surface area (Å²) in [4.78, 5) is 29.7. The molecular weight excluding hydrogens is 402 g/mol. The van der Waals surface area contributed by atoms with E-state index in [-0.39, 0.29) is 11.6 Å². The van der Waals surface area contributed by atoms with Gasteiger partial charge in [0, 0.05) is 30.5 Å². The van der Waals surface area contributed by atoms with Crippen LogP contribution in [0.1, 0.15) is 31.3 Å². The average molecular weight is 424 g/mol. The van der Waals surface area contributed by atoms with Crippen LogP contribution in [0.2, 0.25) is 0 Å². The normalized spacial score (nSPS) is 11.1. The zero-order valence-electron chi connectivity index (χ0n) is 15.2. The number of nitrogens with one attached hydrogen (secondary N) is 1. The Morgan fingerprint density at radius 1 is 1.35 bits per heavy atom. The summed E-state index contributed by atoms with van der Waals surface area (Å²) < 4.78 is 7.71. The predicted octanol–water partition coefficient (Wildman–Crippen LogP) is 3.16. The highest BCUT2D eigenvalue weighted by Crippen LogP contribution is 2.13. The van der Waals surface area contributed by atoms with E-state index >= 15 is 0 Å². The Morgan fingerprint density at radius 2 is 2.08 bits per heavy atom. The van der Waals surface area contributed by atoms with Gasteiger partial charge in [0.2, 0.25) is 0 Å². The van der Waals surface area contributed by atoms with E-state index in [0.717, 1.165) is 4.47 Å². The zero-order valence-corrected chi connectivity index (χ0v) is 16.8. The lowest BCUT2D eigenvalue weighted by molar-refractivity contribution is 0.0292. The first-order valence-corrected chi connectivity index (χ1v) is 8.84. The lowest BCUT2D eigenvalue weighted by atomic mass is 10.2. The number of hydrogen-bond donors (Lipinski definition) is 1. The Morgan fingerprint density at radius 3 is 2.73 bits per heavy atom. The van der Waals surface area contributed by atoms with Crippen LogP contribution in [0.5, 0.6) is 0 Å². The molecule has 8 nitrogen and oxygen atoms in total. The molecule has 0 atom stereocenters. The van der Waals surface area contributed by atoms with E-state index in [1.165, 1.54) is 4.90 Å². The van der Waals surface area contributed by atoms with E-state index in [4.69, 9.17) is 4.74 Å². The van der Waals surface area contributed by atoms with Crippen molar-refractivity contribution < 1.29 is 14.3 Å². The molecule has 140 valence electrons. The van der Waals surface area contributed by atoms with Gasteiger partial charge in [-0.15, -0.1) is 0 Å². The monoisotopic (exact) mass is 423 g/mol. The van der Waals surface area contributed by atoms with Crippen LogP contribution in [0.15, 0.2) is 35.1 Å². The van der Waals surface area contributed by atoms with Gasteiger partial charge >= 0.3 is 6.09 Å². The molecule has 2 heterocycles. The van der Waals surface area contributed by atoms with Crippen LogP contribution in [0, 0.1) is 0 Å². The minimum Gasteiger partial charge on any atom is -0.444 e. The Hall–Kier alpha value is -2.42. The van der Waals surface area contributed by atoms with Crippen molar-refractivity contribution in [3.63, 3.8) is 0 Å². The molecule has 0 saturated carbocycles. The predicted molar refractivity (Wildman–Crippen MR) is 101 cm³/mol. The Kier molecular flexibility index (Phi) is 6.36. The molecule has 0 aromatic carbocycles. The Bertz CT molecular complexity index is 785. The number of ether oxygens (including phenoxy) is 1. The third-order valence-corrected chi connectivity index (χ3v) is 3.70. The lowest BCUT2D eigenvalue weighted by Gasteiger charge is -2.24. The van der Waals surface area contributed by atoms with Crippen molar-refractivity contribution >= 4 is 33.7 Å². The molecule has 0 saturated heterocycles. The van der Waals surface area contributed by atoms with Gasteiger partial charge in [-0.2, -0.15) is 5.10 Å². The van der Waals surface area contributed by atoms with Gasteiger partial charge in [0.15, 0.2) is 5.69 Å². The van der Waals surface area contributed by atoms with Crippen molar-refractivity contribution in [2.75, 3.05) is 18.9 Å². The molecule has 2 aromatic heterocycles. The van der Waals surface area contributed by atoms with Crippen molar-refractivity contribution in [1.82, 2.24) is 19.7 Å². The summed E-state index contributed by atoms with van der Waals surface area (Å²) in [5.41, 5.74) is -0.269. The zero-order chi connectivity index (χ0) is 19.3. The maximum atomic E-state index is 12.2. The summed E-state index contributed by atoms with van der Waals surface area (Å²) in [7, 11) is 1.66. The topological polar surface area (TPSA) is 89.4 Å². The average Bonchev–Trinajstić information content (AvgIpc) is 3.00. The second kappa shape index (κ2) is 8.31. The molecule has 1 N–H and O–H groups in total. The minimum absolute atomic E-state index is 0.270. The van der Waals surface area contributed by atoms with E-state index in [1.807, 2.05) is 20.8 Å². The lowest BCUT2D eigenvalue weighted by Crippen LogP contribution is -2.36. The Labute approximate surface area is 160 Å². The summed E-state index contributed by atoms with van der Waals surface area (Å²) >= 11 is 3.32. The van der Waals surface area contributed by atoms with E-state index in [0.29, 0.717) is 18.9 Å². The number of hydrogen-bond acceptors (Lipinski definition) is 5. The molecule has 2 amide bonds. The number of halogens is 1. The second-order valence-electron chi connectivity index (χ2n) is 6.68. The van der Waals surface area contributed by atoms with Crippen LogP contribution in [0.3, 0.4) is 0 Å². The maximum absolute atomic E-state index is 12.2. The largest absolute Gasteiger partial charge is 0.444 e. The van der Waals surface area contributed by atoms with Crippen LogP contribution in [-0.2, 0) is 11.3 Å². The van der Waals surface area contributed by atoms with Crippen molar-refractivity contribution in [1.29, 1.82) is 0 Å². The van der Waals surface area contributed by atoms with E-state index in [1.54, 1.807) is 42.3 Å². The molecule has 2 aromatic rings. The summed E-state index contributed by atoms with van der Waals surface area (Å²) in [5.74, 6) is 0.0819. The van der Waals surface area contributed by atoms with Crippen molar-refractivity contribution in [3.8, 4) is 0 Å². The number of likely N-dealkylation sites (N-methyl/N-ethyl adjacent to an activating group) is 1. The van der Waals surface area contributed by atoms with Gasteiger partial charge in [-0.25, -0.2) is 9.78 Å². The summed E-state index contributed by atoms with van der Waals surface area (Å²) in [6, 6.07) is 5.08. The molecule has 26 heavy (non-hydrogen) atoms. The van der Waals surface area contributed by atoms with E-state index in [2.05, 4.69) is 31.3 Å². The standard InChI is InChI=1S/C17H22BrN5O3/c1-17(2,3)26-16(25)22(4)9-10-23-8-6-13(21-23)15(24)20-14-11-12(18)5-7-19-14/h5-8,11H,9-10H2,1-4H3,(H,19,20,24). The molecule has 0 aliphatic rings. The van der Waals surface area contributed by atoms with Crippen LogP contribution in [-0.4, -0.2) is 50.9 Å². The molecule has 0 radical (unpaired) electrons. The molecule has 9 heteroatoms. The number of pyridine rings is 1. The summed E-state index contributed by atoms with van der Waals surface area (Å²) in [6.07, 6.45) is 2.88. The van der Waals surface area contributed by atoms with Gasteiger partial charge in [-0.3, -0.25) is 9.48 Å². The number of amides is 2. The van der Waals surface area contributed by atoms with Gasteiger partial charge < -0.3 is 15.0 Å². The van der Waals surface area contributed by atoms with Gasteiger partial charge in [0.25, 0.3) is 5.91 Å². The van der Waals surface area contributed by atoms with E-state index < -0.39 is 11.7 Å². The van der Waals surface area contributed by atoms with Crippen molar-refractivity contribution in [3.05, 3.63) is 40.8 Å². The minimum atomic E-state index is -0.539. The first-order valence-electron chi connectivity index (χ1n) is 8.04. The van der Waals surface area contributed by atoms with Crippen molar-refractivity contribution in [2.45, 2.75) is 32.9 Å². The number of aromatic nitrogens is 3. The highest BCUT2D eigenvalue weighted by Gasteiger charge is 2.19. The third kappa shape index (κ3) is 6.14. The van der Waals surface area contributed by atoms with Crippen LogP contribution in [0.4, 0.5) is 10.6 Å². The number of anilines is 1. The fraction of sp³-hybridized carbons (Fsp3) is 0.412. The Balaban J connectivity index is 1.89. The van der Waals surface area contributed by atoms with Crippen molar-refractivity contribution in [2.24, 2.45) is 0 Å². The first-order chi connectivity index (χ1) is 12.1. The van der Waals surface area contributed by atoms with Gasteiger partial charge in [-0.1, -0.05) is 15.9 Å². The first kappa shape index (κ1) is 19.9. The molecule has 0 bridgehead atoms. The summed E-state index contributed by atoms with van der Waals surface area (Å²) in [6.45, 7) is 6.30. The quantitative estimate of drug-likeness (QED) is 0.797. The van der Waals surface area contributed by atoms with Gasteiger partial charge in [0.05, 0.1) is 6.54 Å². The van der Waals surface area contributed by atoms with Crippen LogP contribution < -0.4 is 5.32 Å². The smallest absolute Gasteiger partial charge is 0.410 e. The molecule has 0 aliphatic heterocycles. The van der Waals surface area contributed by atoms with Crippen LogP contribution >= 0.6 is 15.9 Å². The van der Waals surface area contributed by atoms with Gasteiger partial charge in [-0.05, 0) is 39.0 Å². The molecule has 0 fully saturated rings. The highest BCUT2D eigenvalue weighted by molar-refractivity contribution is 9.10. The number of carbonyl (C=O) groups excluding carboxylic acids is 2. The number of nitrogens with zero attached hydrogens (tertiary/aromatic N) is 4. The molecule has 2 rings (SSSR count). The molecule has 0 spiro atoms. The highest BCUT2D eigenvalue weighted by atomic mass is 79.9. The molecule has 0 aliphatic carbocycles. The third-order valence-electron chi connectivity index (χ3n) is 3.21. The fourth-order valence-electron chi connectivity index (χ4n) is 1.94. The molecular formula is C17H22BrN5O3. The molecule has 0 unspecified atom stereocenters. The second-order valence-corrected chi connectivity index (χ2v) is 7.60. The van der Waals surface area contributed by atoms with Crippen LogP contribution in [0.25, 0.3) is 0 Å². The van der Waals surface area contributed by atoms with Gasteiger partial charge in [0.1, 0.15) is 11.4 Å². The van der Waals surface area contributed by atoms with E-state index in [9.17, 15) is 9.59 Å². The maximum Gasteiger partial charge on any atom is 0.410 e. The SMILES string of the molecule is CN(CCn1ccc(C(=O)Nc2cc(Br)ccn2)n1)C(=O)OC(C)(C)C. The fourth-order valence-corrected chi connectivity index (χ4v) is 2.28.